The van der Waals surface area contributed by atoms with E-state index in [1.54, 1.807) is 17.2 Å². The Morgan fingerprint density at radius 2 is 2.39 bits per heavy atom. The van der Waals surface area contributed by atoms with E-state index >= 15 is 0 Å². The van der Waals surface area contributed by atoms with Gasteiger partial charge in [0.2, 0.25) is 5.95 Å². The average molecular weight is 252 g/mol. The van der Waals surface area contributed by atoms with Crippen LogP contribution < -0.4 is 9.80 Å². The maximum atomic E-state index is 10.9. The molecule has 0 amide bonds. The summed E-state index contributed by atoms with van der Waals surface area (Å²) in [5, 5.41) is 8.95. The highest BCUT2D eigenvalue weighted by molar-refractivity contribution is 5.73. The zero-order valence-electron chi connectivity index (χ0n) is 10.4. The van der Waals surface area contributed by atoms with Crippen LogP contribution >= 0.6 is 0 Å². The molecule has 1 aliphatic rings. The number of ether oxygens (including phenoxy) is 1. The Balaban J connectivity index is 2.15. The molecule has 0 bridgehead atoms. The molecule has 98 valence electrons. The normalized spacial score (nSPS) is 19.7. The van der Waals surface area contributed by atoms with Crippen LogP contribution in [0.3, 0.4) is 0 Å². The smallest absolute Gasteiger partial charge is 0.334 e. The van der Waals surface area contributed by atoms with Gasteiger partial charge in [-0.25, -0.2) is 9.78 Å². The molecular weight excluding hydrogens is 236 g/mol. The fourth-order valence-corrected chi connectivity index (χ4v) is 1.74. The number of aliphatic carboxylic acids is 1. The van der Waals surface area contributed by atoms with Crippen molar-refractivity contribution in [2.24, 2.45) is 0 Å². The van der Waals surface area contributed by atoms with Crippen molar-refractivity contribution in [1.82, 2.24) is 9.97 Å². The fourth-order valence-electron chi connectivity index (χ4n) is 1.74. The first kappa shape index (κ1) is 12.6. The lowest BCUT2D eigenvalue weighted by molar-refractivity contribution is -0.150. The lowest BCUT2D eigenvalue weighted by Gasteiger charge is -2.31. The SMILES string of the molecule is CN(C)c1nccc(N2CCOC(C(=O)O)C2)n1. The largest absolute Gasteiger partial charge is 0.479 e. The minimum Gasteiger partial charge on any atom is -0.479 e. The summed E-state index contributed by atoms with van der Waals surface area (Å²) >= 11 is 0. The zero-order valence-corrected chi connectivity index (χ0v) is 10.4. The van der Waals surface area contributed by atoms with Crippen LogP contribution in [-0.2, 0) is 9.53 Å². The van der Waals surface area contributed by atoms with Gasteiger partial charge in [-0.05, 0) is 6.07 Å². The van der Waals surface area contributed by atoms with Gasteiger partial charge in [-0.15, -0.1) is 0 Å². The summed E-state index contributed by atoms with van der Waals surface area (Å²) in [6, 6.07) is 1.78. The number of anilines is 2. The van der Waals surface area contributed by atoms with E-state index < -0.39 is 12.1 Å². The molecule has 0 aliphatic carbocycles. The molecule has 2 heterocycles. The Labute approximate surface area is 105 Å². The molecule has 1 saturated heterocycles. The summed E-state index contributed by atoms with van der Waals surface area (Å²) in [5.41, 5.74) is 0. The Kier molecular flexibility index (Phi) is 3.61. The van der Waals surface area contributed by atoms with Crippen molar-refractivity contribution in [1.29, 1.82) is 0 Å². The summed E-state index contributed by atoms with van der Waals surface area (Å²) in [4.78, 5) is 23.1. The third-order valence-electron chi connectivity index (χ3n) is 2.69. The van der Waals surface area contributed by atoms with E-state index in [9.17, 15) is 4.79 Å². The van der Waals surface area contributed by atoms with Gasteiger partial charge in [0.05, 0.1) is 13.2 Å². The van der Waals surface area contributed by atoms with Crippen molar-refractivity contribution < 1.29 is 14.6 Å². The van der Waals surface area contributed by atoms with Gasteiger partial charge in [-0.2, -0.15) is 4.98 Å². The highest BCUT2D eigenvalue weighted by Gasteiger charge is 2.27. The molecule has 1 aromatic rings. The summed E-state index contributed by atoms with van der Waals surface area (Å²) < 4.78 is 5.17. The van der Waals surface area contributed by atoms with Crippen molar-refractivity contribution in [3.63, 3.8) is 0 Å². The molecule has 0 spiro atoms. The first-order chi connectivity index (χ1) is 8.58. The van der Waals surface area contributed by atoms with E-state index in [1.807, 2.05) is 19.0 Å². The molecule has 7 heteroatoms. The van der Waals surface area contributed by atoms with Gasteiger partial charge in [0, 0.05) is 26.8 Å². The molecule has 7 nitrogen and oxygen atoms in total. The minimum atomic E-state index is -0.943. The maximum Gasteiger partial charge on any atom is 0.334 e. The Morgan fingerprint density at radius 1 is 1.61 bits per heavy atom. The molecule has 1 aliphatic heterocycles. The third-order valence-corrected chi connectivity index (χ3v) is 2.69. The van der Waals surface area contributed by atoms with Gasteiger partial charge >= 0.3 is 5.97 Å². The van der Waals surface area contributed by atoms with E-state index in [1.165, 1.54) is 0 Å². The topological polar surface area (TPSA) is 78.8 Å². The van der Waals surface area contributed by atoms with Crippen LogP contribution in [0.5, 0.6) is 0 Å². The first-order valence-electron chi connectivity index (χ1n) is 5.67. The molecule has 1 fully saturated rings. The van der Waals surface area contributed by atoms with E-state index in [0.717, 1.165) is 5.82 Å². The van der Waals surface area contributed by atoms with Crippen LogP contribution in [0.4, 0.5) is 11.8 Å². The Morgan fingerprint density at radius 3 is 3.06 bits per heavy atom. The van der Waals surface area contributed by atoms with Gasteiger partial charge in [-0.1, -0.05) is 0 Å². The predicted molar refractivity (Wildman–Crippen MR) is 65.9 cm³/mol. The van der Waals surface area contributed by atoms with Gasteiger partial charge < -0.3 is 19.6 Å². The van der Waals surface area contributed by atoms with E-state index in [-0.39, 0.29) is 0 Å². The molecule has 1 unspecified atom stereocenters. The molecule has 1 aromatic heterocycles. The minimum absolute atomic E-state index is 0.305. The molecule has 2 rings (SSSR count). The quantitative estimate of drug-likeness (QED) is 0.800. The van der Waals surface area contributed by atoms with E-state index in [4.69, 9.17) is 9.84 Å². The number of nitrogens with zero attached hydrogens (tertiary/aromatic N) is 4. The van der Waals surface area contributed by atoms with Crippen molar-refractivity contribution in [3.8, 4) is 0 Å². The van der Waals surface area contributed by atoms with Crippen molar-refractivity contribution >= 4 is 17.7 Å². The average Bonchev–Trinajstić information content (AvgIpc) is 2.39. The van der Waals surface area contributed by atoms with Gasteiger partial charge in [0.25, 0.3) is 0 Å². The number of carboxylic acids is 1. The second kappa shape index (κ2) is 5.18. The number of carbonyl (C=O) groups is 1. The number of hydrogen-bond acceptors (Lipinski definition) is 6. The number of rotatable bonds is 3. The predicted octanol–water partition coefficient (Wildman–Crippen LogP) is -0.168. The van der Waals surface area contributed by atoms with Gasteiger partial charge in [0.1, 0.15) is 5.82 Å². The van der Waals surface area contributed by atoms with E-state index in [0.29, 0.717) is 25.6 Å². The second-order valence-electron chi connectivity index (χ2n) is 4.25. The van der Waals surface area contributed by atoms with Crippen molar-refractivity contribution in [3.05, 3.63) is 12.3 Å². The van der Waals surface area contributed by atoms with Gasteiger partial charge in [0.15, 0.2) is 6.10 Å². The molecule has 0 aromatic carbocycles. The number of aromatic nitrogens is 2. The third kappa shape index (κ3) is 2.67. The Bertz CT molecular complexity index is 438. The molecule has 18 heavy (non-hydrogen) atoms. The van der Waals surface area contributed by atoms with E-state index in [2.05, 4.69) is 9.97 Å². The van der Waals surface area contributed by atoms with Crippen LogP contribution in [0, 0.1) is 0 Å². The fraction of sp³-hybridized carbons (Fsp3) is 0.545. The van der Waals surface area contributed by atoms with Crippen molar-refractivity contribution in [2.75, 3.05) is 43.6 Å². The van der Waals surface area contributed by atoms with Crippen LogP contribution in [0.2, 0.25) is 0 Å². The highest BCUT2D eigenvalue weighted by atomic mass is 16.5. The summed E-state index contributed by atoms with van der Waals surface area (Å²) in [6.07, 6.45) is 0.875. The lowest BCUT2D eigenvalue weighted by Crippen LogP contribution is -2.46. The standard InChI is InChI=1S/C11H16N4O3/c1-14(2)11-12-4-3-9(13-11)15-5-6-18-8(7-15)10(16)17/h3-4,8H,5-7H2,1-2H3,(H,16,17). The zero-order chi connectivity index (χ0) is 13.1. The second-order valence-corrected chi connectivity index (χ2v) is 4.25. The number of carboxylic acid groups (broad SMARTS) is 1. The summed E-state index contributed by atoms with van der Waals surface area (Å²) in [7, 11) is 3.72. The number of hydrogen-bond donors (Lipinski definition) is 1. The van der Waals surface area contributed by atoms with Crippen LogP contribution in [-0.4, -0.2) is 60.9 Å². The molecule has 1 N–H and O–H groups in total. The molecule has 0 radical (unpaired) electrons. The van der Waals surface area contributed by atoms with Crippen LogP contribution in [0.25, 0.3) is 0 Å². The van der Waals surface area contributed by atoms with Crippen LogP contribution in [0.1, 0.15) is 0 Å². The van der Waals surface area contributed by atoms with Gasteiger partial charge in [-0.3, -0.25) is 0 Å². The highest BCUT2D eigenvalue weighted by Crippen LogP contribution is 2.17. The van der Waals surface area contributed by atoms with Crippen molar-refractivity contribution in [2.45, 2.75) is 6.10 Å². The molecular formula is C11H16N4O3. The lowest BCUT2D eigenvalue weighted by atomic mass is 10.2. The summed E-state index contributed by atoms with van der Waals surface area (Å²) in [6.45, 7) is 1.32. The summed E-state index contributed by atoms with van der Waals surface area (Å²) in [5.74, 6) is 0.385. The maximum absolute atomic E-state index is 10.9. The van der Waals surface area contributed by atoms with Crippen LogP contribution in [0.15, 0.2) is 12.3 Å². The molecule has 0 saturated carbocycles. The number of morpholine rings is 1. The first-order valence-corrected chi connectivity index (χ1v) is 5.67. The Hall–Kier alpha value is -1.89. The monoisotopic (exact) mass is 252 g/mol. The molecule has 1 atom stereocenters.